The van der Waals surface area contributed by atoms with Gasteiger partial charge in [-0.2, -0.15) is 0 Å². The van der Waals surface area contributed by atoms with Gasteiger partial charge in [-0.3, -0.25) is 4.79 Å². The van der Waals surface area contributed by atoms with Gasteiger partial charge in [-0.25, -0.2) is 0 Å². The fourth-order valence-corrected chi connectivity index (χ4v) is 3.27. The second-order valence-electron chi connectivity index (χ2n) is 6.33. The van der Waals surface area contributed by atoms with Gasteiger partial charge in [0.05, 0.1) is 0 Å². The predicted molar refractivity (Wildman–Crippen MR) is 74.1 cm³/mol. The molecule has 18 heavy (non-hydrogen) atoms. The van der Waals surface area contributed by atoms with Crippen LogP contribution in [0.2, 0.25) is 0 Å². The summed E-state index contributed by atoms with van der Waals surface area (Å²) in [5.74, 6) is 1.55. The molecule has 2 N–H and O–H groups in total. The summed E-state index contributed by atoms with van der Waals surface area (Å²) in [6.07, 6.45) is 9.68. The predicted octanol–water partition coefficient (Wildman–Crippen LogP) is 2.54. The van der Waals surface area contributed by atoms with E-state index in [1.165, 1.54) is 38.5 Å². The van der Waals surface area contributed by atoms with Crippen LogP contribution in [0.1, 0.15) is 58.3 Å². The topological polar surface area (TPSA) is 46.3 Å². The number of carbonyl (C=O) groups excluding carboxylic acids is 1. The van der Waals surface area contributed by atoms with Crippen LogP contribution in [-0.4, -0.2) is 29.9 Å². The summed E-state index contributed by atoms with van der Waals surface area (Å²) < 4.78 is 0. The number of rotatable bonds is 2. The molecule has 1 aliphatic heterocycles. The van der Waals surface area contributed by atoms with Crippen LogP contribution in [-0.2, 0) is 4.79 Å². The quantitative estimate of drug-likeness (QED) is 0.768. The van der Waals surface area contributed by atoms with E-state index < -0.39 is 0 Å². The molecule has 1 heterocycles. The van der Waals surface area contributed by atoms with Crippen molar-refractivity contribution in [2.45, 2.75) is 64.3 Å². The zero-order valence-corrected chi connectivity index (χ0v) is 11.7. The Bertz CT molecular complexity index is 272. The summed E-state index contributed by atoms with van der Waals surface area (Å²) in [7, 11) is 0. The Kier molecular flexibility index (Phi) is 5.04. The Morgan fingerprint density at radius 2 is 1.83 bits per heavy atom. The van der Waals surface area contributed by atoms with Crippen molar-refractivity contribution in [3.63, 3.8) is 0 Å². The molecule has 2 atom stereocenters. The monoisotopic (exact) mass is 252 g/mol. The largest absolute Gasteiger partial charge is 0.341 e. The number of nitrogens with two attached hydrogens (primary N) is 1. The molecule has 1 amide bonds. The molecule has 0 aromatic carbocycles. The summed E-state index contributed by atoms with van der Waals surface area (Å²) >= 11 is 0. The SMILES string of the molecule is CC1CCN(C(=O)CC2CCCCCC2)CC1N. The zero-order chi connectivity index (χ0) is 13.0. The molecule has 104 valence electrons. The minimum atomic E-state index is 0.178. The first kappa shape index (κ1) is 13.9. The van der Waals surface area contributed by atoms with E-state index in [-0.39, 0.29) is 6.04 Å². The minimum absolute atomic E-state index is 0.178. The Morgan fingerprint density at radius 1 is 1.17 bits per heavy atom. The van der Waals surface area contributed by atoms with Crippen molar-refractivity contribution in [2.75, 3.05) is 13.1 Å². The average molecular weight is 252 g/mol. The third kappa shape index (κ3) is 3.71. The molecule has 1 saturated carbocycles. The van der Waals surface area contributed by atoms with Crippen molar-refractivity contribution in [1.82, 2.24) is 4.90 Å². The zero-order valence-electron chi connectivity index (χ0n) is 11.7. The Morgan fingerprint density at radius 3 is 2.44 bits per heavy atom. The molecular formula is C15H28N2O. The molecule has 1 saturated heterocycles. The third-order valence-electron chi connectivity index (χ3n) is 4.81. The fourth-order valence-electron chi connectivity index (χ4n) is 3.27. The lowest BCUT2D eigenvalue weighted by Gasteiger charge is -2.35. The summed E-state index contributed by atoms with van der Waals surface area (Å²) in [5, 5.41) is 0. The van der Waals surface area contributed by atoms with Gasteiger partial charge in [0, 0.05) is 25.6 Å². The van der Waals surface area contributed by atoms with Crippen LogP contribution in [0.15, 0.2) is 0 Å². The maximum Gasteiger partial charge on any atom is 0.222 e. The highest BCUT2D eigenvalue weighted by Gasteiger charge is 2.27. The summed E-state index contributed by atoms with van der Waals surface area (Å²) in [5.41, 5.74) is 6.07. The van der Waals surface area contributed by atoms with Gasteiger partial charge in [0.25, 0.3) is 0 Å². The highest BCUT2D eigenvalue weighted by atomic mass is 16.2. The first-order chi connectivity index (χ1) is 8.66. The fraction of sp³-hybridized carbons (Fsp3) is 0.933. The van der Waals surface area contributed by atoms with Crippen molar-refractivity contribution < 1.29 is 4.79 Å². The van der Waals surface area contributed by atoms with Gasteiger partial charge >= 0.3 is 0 Å². The molecule has 0 aromatic rings. The number of hydrogen-bond acceptors (Lipinski definition) is 2. The molecule has 0 spiro atoms. The number of amides is 1. The molecule has 2 fully saturated rings. The average Bonchev–Trinajstić information content (AvgIpc) is 2.61. The first-order valence-electron chi connectivity index (χ1n) is 7.70. The highest BCUT2D eigenvalue weighted by Crippen LogP contribution is 2.26. The molecule has 3 nitrogen and oxygen atoms in total. The highest BCUT2D eigenvalue weighted by molar-refractivity contribution is 5.76. The van der Waals surface area contributed by atoms with Crippen LogP contribution in [0.3, 0.4) is 0 Å². The van der Waals surface area contributed by atoms with Crippen LogP contribution in [0.4, 0.5) is 0 Å². The molecule has 0 radical (unpaired) electrons. The van der Waals surface area contributed by atoms with E-state index in [9.17, 15) is 4.79 Å². The molecule has 3 heteroatoms. The summed E-state index contributed by atoms with van der Waals surface area (Å²) in [6, 6.07) is 0.178. The van der Waals surface area contributed by atoms with E-state index in [1.54, 1.807) is 0 Å². The van der Waals surface area contributed by atoms with Gasteiger partial charge in [-0.15, -0.1) is 0 Å². The van der Waals surface area contributed by atoms with Gasteiger partial charge in [-0.05, 0) is 31.1 Å². The van der Waals surface area contributed by atoms with E-state index in [0.717, 1.165) is 25.9 Å². The van der Waals surface area contributed by atoms with Crippen molar-refractivity contribution in [3.05, 3.63) is 0 Å². The van der Waals surface area contributed by atoms with Crippen LogP contribution >= 0.6 is 0 Å². The van der Waals surface area contributed by atoms with Gasteiger partial charge in [0.15, 0.2) is 0 Å². The Hall–Kier alpha value is -0.570. The number of carbonyl (C=O) groups is 1. The maximum absolute atomic E-state index is 12.3. The second kappa shape index (κ2) is 6.55. The van der Waals surface area contributed by atoms with Crippen molar-refractivity contribution in [2.24, 2.45) is 17.6 Å². The van der Waals surface area contributed by atoms with Crippen molar-refractivity contribution in [3.8, 4) is 0 Å². The Balaban J connectivity index is 1.80. The van der Waals surface area contributed by atoms with E-state index in [1.807, 2.05) is 4.90 Å². The van der Waals surface area contributed by atoms with Crippen LogP contribution < -0.4 is 5.73 Å². The van der Waals surface area contributed by atoms with E-state index >= 15 is 0 Å². The lowest BCUT2D eigenvalue weighted by molar-refractivity contribution is -0.134. The molecule has 0 aromatic heterocycles. The minimum Gasteiger partial charge on any atom is -0.341 e. The molecule has 2 rings (SSSR count). The van der Waals surface area contributed by atoms with E-state index in [4.69, 9.17) is 5.73 Å². The lowest BCUT2D eigenvalue weighted by Crippen LogP contribution is -2.50. The van der Waals surface area contributed by atoms with E-state index in [0.29, 0.717) is 17.7 Å². The maximum atomic E-state index is 12.3. The lowest BCUT2D eigenvalue weighted by atomic mass is 9.92. The van der Waals surface area contributed by atoms with Crippen molar-refractivity contribution in [1.29, 1.82) is 0 Å². The van der Waals surface area contributed by atoms with Crippen molar-refractivity contribution >= 4 is 5.91 Å². The van der Waals surface area contributed by atoms with Crippen LogP contribution in [0, 0.1) is 11.8 Å². The van der Waals surface area contributed by atoms with Gasteiger partial charge in [0.2, 0.25) is 5.91 Å². The third-order valence-corrected chi connectivity index (χ3v) is 4.81. The van der Waals surface area contributed by atoms with Gasteiger partial charge < -0.3 is 10.6 Å². The molecule has 2 unspecified atom stereocenters. The summed E-state index contributed by atoms with van der Waals surface area (Å²) in [6.45, 7) is 3.88. The molecule has 0 bridgehead atoms. The number of piperidine rings is 1. The number of nitrogens with zero attached hydrogens (tertiary/aromatic N) is 1. The van der Waals surface area contributed by atoms with Gasteiger partial charge in [-0.1, -0.05) is 32.6 Å². The standard InChI is InChI=1S/C15H28N2O/c1-12-8-9-17(11-14(12)16)15(18)10-13-6-4-2-3-5-7-13/h12-14H,2-11,16H2,1H3. The van der Waals surface area contributed by atoms with E-state index in [2.05, 4.69) is 6.92 Å². The first-order valence-corrected chi connectivity index (χ1v) is 7.70. The number of likely N-dealkylation sites (tertiary alicyclic amines) is 1. The summed E-state index contributed by atoms with van der Waals surface area (Å²) in [4.78, 5) is 14.3. The molecular weight excluding hydrogens is 224 g/mol. The number of hydrogen-bond donors (Lipinski definition) is 1. The smallest absolute Gasteiger partial charge is 0.222 e. The molecule has 1 aliphatic carbocycles. The van der Waals surface area contributed by atoms with Gasteiger partial charge in [0.1, 0.15) is 0 Å². The molecule has 2 aliphatic rings. The second-order valence-corrected chi connectivity index (χ2v) is 6.33. The van der Waals surface area contributed by atoms with Crippen LogP contribution in [0.5, 0.6) is 0 Å². The normalized spacial score (nSPS) is 31.1. The van der Waals surface area contributed by atoms with Crippen LogP contribution in [0.25, 0.3) is 0 Å². The Labute approximate surface area is 111 Å².